The first-order chi connectivity index (χ1) is 6.65. The van der Waals surface area contributed by atoms with Gasteiger partial charge < -0.3 is 9.47 Å². The van der Waals surface area contributed by atoms with E-state index in [4.69, 9.17) is 14.7 Å². The quantitative estimate of drug-likeness (QED) is 0.678. The van der Waals surface area contributed by atoms with Crippen molar-refractivity contribution >= 4 is 0 Å². The van der Waals surface area contributed by atoms with Crippen LogP contribution in [-0.2, 0) is 7.05 Å². The van der Waals surface area contributed by atoms with Crippen LogP contribution in [0.4, 0.5) is 0 Å². The maximum absolute atomic E-state index is 11.5. The molecule has 0 aliphatic heterocycles. The van der Waals surface area contributed by atoms with Gasteiger partial charge in [-0.3, -0.25) is 9.36 Å². The lowest BCUT2D eigenvalue weighted by atomic mass is 10.3. The highest BCUT2D eigenvalue weighted by Crippen LogP contribution is 2.18. The van der Waals surface area contributed by atoms with E-state index in [1.54, 1.807) is 0 Å². The van der Waals surface area contributed by atoms with E-state index in [1.165, 1.54) is 31.9 Å². The summed E-state index contributed by atoms with van der Waals surface area (Å²) in [5, 5.41) is 8.78. The van der Waals surface area contributed by atoms with Gasteiger partial charge in [0.1, 0.15) is 11.6 Å². The van der Waals surface area contributed by atoms with Crippen LogP contribution >= 0.6 is 0 Å². The van der Waals surface area contributed by atoms with Gasteiger partial charge >= 0.3 is 0 Å². The number of nitrogens with zero attached hydrogens (tertiary/aromatic N) is 2. The zero-order valence-corrected chi connectivity index (χ0v) is 8.20. The lowest BCUT2D eigenvalue weighted by Gasteiger charge is -2.09. The van der Waals surface area contributed by atoms with Crippen molar-refractivity contribution in [2.24, 2.45) is 7.05 Å². The second-order valence-electron chi connectivity index (χ2n) is 2.61. The summed E-state index contributed by atoms with van der Waals surface area (Å²) in [7, 11) is 4.30. The molecule has 0 amide bonds. The Morgan fingerprint density at radius 2 is 2.07 bits per heavy atom. The van der Waals surface area contributed by atoms with Gasteiger partial charge in [0.2, 0.25) is 5.88 Å². The van der Waals surface area contributed by atoms with E-state index in [0.717, 1.165) is 0 Å². The van der Waals surface area contributed by atoms with Crippen LogP contribution in [0.2, 0.25) is 0 Å². The molecule has 0 saturated heterocycles. The van der Waals surface area contributed by atoms with Crippen molar-refractivity contribution in [3.8, 4) is 17.7 Å². The molecule has 1 heterocycles. The average Bonchev–Trinajstić information content (AvgIpc) is 2.21. The zero-order valence-electron chi connectivity index (χ0n) is 8.20. The van der Waals surface area contributed by atoms with Crippen LogP contribution in [0.15, 0.2) is 10.9 Å². The van der Waals surface area contributed by atoms with E-state index >= 15 is 0 Å². The smallest absolute Gasteiger partial charge is 0.295 e. The molecule has 1 aromatic heterocycles. The Bertz CT molecular complexity index is 443. The largest absolute Gasteiger partial charge is 0.491 e. The van der Waals surface area contributed by atoms with Crippen LogP contribution in [0.1, 0.15) is 5.56 Å². The van der Waals surface area contributed by atoms with Gasteiger partial charge in [-0.1, -0.05) is 0 Å². The molecule has 0 radical (unpaired) electrons. The molecular weight excluding hydrogens is 184 g/mol. The van der Waals surface area contributed by atoms with E-state index in [0.29, 0.717) is 0 Å². The van der Waals surface area contributed by atoms with Crippen LogP contribution in [-0.4, -0.2) is 18.8 Å². The summed E-state index contributed by atoms with van der Waals surface area (Å²) in [6, 6.07) is 3.29. The highest BCUT2D eigenvalue weighted by atomic mass is 16.5. The second kappa shape index (κ2) is 3.83. The normalized spacial score (nSPS) is 9.29. The Balaban J connectivity index is 3.57. The van der Waals surface area contributed by atoms with E-state index in [2.05, 4.69) is 0 Å². The molecule has 0 saturated carbocycles. The minimum atomic E-state index is -0.330. The molecule has 0 aliphatic carbocycles. The van der Waals surface area contributed by atoms with E-state index < -0.39 is 0 Å². The molecule has 0 bridgehead atoms. The molecular formula is C9H10N2O3. The number of nitriles is 1. The molecule has 0 aromatic carbocycles. The maximum Gasteiger partial charge on any atom is 0.295 e. The Morgan fingerprint density at radius 3 is 2.50 bits per heavy atom. The van der Waals surface area contributed by atoms with Crippen LogP contribution in [0.3, 0.4) is 0 Å². The first kappa shape index (κ1) is 10.1. The third kappa shape index (κ3) is 1.42. The SMILES string of the molecule is COc1cc(C#N)c(OC)n(C)c1=O. The Labute approximate surface area is 81.1 Å². The van der Waals surface area contributed by atoms with Crippen LogP contribution in [0, 0.1) is 11.3 Å². The summed E-state index contributed by atoms with van der Waals surface area (Å²) < 4.78 is 11.0. The summed E-state index contributed by atoms with van der Waals surface area (Å²) in [5.74, 6) is 0.364. The van der Waals surface area contributed by atoms with Crippen molar-refractivity contribution in [1.82, 2.24) is 4.57 Å². The number of aromatic nitrogens is 1. The predicted molar refractivity (Wildman–Crippen MR) is 49.5 cm³/mol. The molecule has 0 spiro atoms. The summed E-state index contributed by atoms with van der Waals surface area (Å²) >= 11 is 0. The van der Waals surface area contributed by atoms with Crippen molar-refractivity contribution in [2.45, 2.75) is 0 Å². The monoisotopic (exact) mass is 194 g/mol. The highest BCUT2D eigenvalue weighted by molar-refractivity contribution is 5.43. The van der Waals surface area contributed by atoms with Crippen LogP contribution in [0.5, 0.6) is 11.6 Å². The summed E-state index contributed by atoms with van der Waals surface area (Å²) in [5.41, 5.74) is -0.0604. The molecule has 1 aromatic rings. The molecule has 74 valence electrons. The predicted octanol–water partition coefficient (Wildman–Crippen LogP) is 0.274. The van der Waals surface area contributed by atoms with Gasteiger partial charge in [0.15, 0.2) is 5.75 Å². The molecule has 1 rings (SSSR count). The topological polar surface area (TPSA) is 64.2 Å². The molecule has 0 N–H and O–H groups in total. The van der Waals surface area contributed by atoms with E-state index in [9.17, 15) is 4.79 Å². The minimum Gasteiger partial charge on any atom is -0.491 e. The molecule has 0 fully saturated rings. The van der Waals surface area contributed by atoms with Crippen molar-refractivity contribution in [3.63, 3.8) is 0 Å². The van der Waals surface area contributed by atoms with Crippen molar-refractivity contribution in [3.05, 3.63) is 22.0 Å². The van der Waals surface area contributed by atoms with Crippen molar-refractivity contribution in [2.75, 3.05) is 14.2 Å². The third-order valence-electron chi connectivity index (χ3n) is 1.86. The van der Waals surface area contributed by atoms with Gasteiger partial charge in [0.05, 0.1) is 14.2 Å². The van der Waals surface area contributed by atoms with Crippen LogP contribution < -0.4 is 15.0 Å². The van der Waals surface area contributed by atoms with E-state index in [1.807, 2.05) is 6.07 Å². The Hall–Kier alpha value is -1.96. The first-order valence-electron chi connectivity index (χ1n) is 3.87. The van der Waals surface area contributed by atoms with Gasteiger partial charge in [0, 0.05) is 13.1 Å². The molecule has 0 aliphatic rings. The van der Waals surface area contributed by atoms with Crippen LogP contribution in [0.25, 0.3) is 0 Å². The maximum atomic E-state index is 11.5. The molecule has 14 heavy (non-hydrogen) atoms. The number of hydrogen-bond donors (Lipinski definition) is 0. The molecule has 5 nitrogen and oxygen atoms in total. The summed E-state index contributed by atoms with van der Waals surface area (Å²) in [6.07, 6.45) is 0. The van der Waals surface area contributed by atoms with Gasteiger partial charge in [-0.25, -0.2) is 0 Å². The fraction of sp³-hybridized carbons (Fsp3) is 0.333. The second-order valence-corrected chi connectivity index (χ2v) is 2.61. The zero-order chi connectivity index (χ0) is 10.7. The Kier molecular flexibility index (Phi) is 2.77. The minimum absolute atomic E-state index is 0.129. The number of methoxy groups -OCH3 is 2. The van der Waals surface area contributed by atoms with Gasteiger partial charge in [-0.05, 0) is 0 Å². The highest BCUT2D eigenvalue weighted by Gasteiger charge is 2.12. The average molecular weight is 194 g/mol. The lowest BCUT2D eigenvalue weighted by molar-refractivity contribution is 0.361. The third-order valence-corrected chi connectivity index (χ3v) is 1.86. The number of ether oxygens (including phenoxy) is 2. The molecule has 0 atom stereocenters. The van der Waals surface area contributed by atoms with Gasteiger partial charge in [-0.2, -0.15) is 5.26 Å². The van der Waals surface area contributed by atoms with Crippen molar-refractivity contribution in [1.29, 1.82) is 5.26 Å². The first-order valence-corrected chi connectivity index (χ1v) is 3.87. The summed E-state index contributed by atoms with van der Waals surface area (Å²) in [6.45, 7) is 0. The fourth-order valence-electron chi connectivity index (χ4n) is 1.17. The number of hydrogen-bond acceptors (Lipinski definition) is 4. The van der Waals surface area contributed by atoms with Gasteiger partial charge in [0.25, 0.3) is 5.56 Å². The van der Waals surface area contributed by atoms with E-state index in [-0.39, 0.29) is 22.8 Å². The number of rotatable bonds is 2. The summed E-state index contributed by atoms with van der Waals surface area (Å²) in [4.78, 5) is 11.5. The fourth-order valence-corrected chi connectivity index (χ4v) is 1.17. The standard InChI is InChI=1S/C9H10N2O3/c1-11-8(12)7(13-2)4-6(5-10)9(11)14-3/h4H,1-3H3. The number of pyridine rings is 1. The van der Waals surface area contributed by atoms with Gasteiger partial charge in [-0.15, -0.1) is 0 Å². The van der Waals surface area contributed by atoms with Crippen molar-refractivity contribution < 1.29 is 9.47 Å². The Morgan fingerprint density at radius 1 is 1.43 bits per heavy atom. The molecule has 5 heteroatoms. The molecule has 0 unspecified atom stereocenters. The lowest BCUT2D eigenvalue weighted by Crippen LogP contribution is -2.20.